The lowest BCUT2D eigenvalue weighted by atomic mass is 9.96. The second-order valence-electron chi connectivity index (χ2n) is 8.67. The van der Waals surface area contributed by atoms with Crippen molar-refractivity contribution in [3.05, 3.63) is 47.5 Å². The quantitative estimate of drug-likeness (QED) is 0.675. The zero-order chi connectivity index (χ0) is 21.8. The second kappa shape index (κ2) is 7.10. The first-order chi connectivity index (χ1) is 14.7. The van der Waals surface area contributed by atoms with Gasteiger partial charge in [-0.3, -0.25) is 10.1 Å². The summed E-state index contributed by atoms with van der Waals surface area (Å²) in [6, 6.07) is 5.29. The van der Waals surface area contributed by atoms with Gasteiger partial charge in [0.2, 0.25) is 10.0 Å². The van der Waals surface area contributed by atoms with Gasteiger partial charge in [-0.2, -0.15) is 4.31 Å². The number of benzene rings is 1. The Morgan fingerprint density at radius 2 is 1.87 bits per heavy atom. The van der Waals surface area contributed by atoms with Crippen LogP contribution in [0.15, 0.2) is 30.6 Å². The summed E-state index contributed by atoms with van der Waals surface area (Å²) in [6.45, 7) is 1.98. The summed E-state index contributed by atoms with van der Waals surface area (Å²) in [6.07, 6.45) is 6.59. The number of hydrogen-bond donors (Lipinski definition) is 2. The number of imide groups is 1. The highest BCUT2D eigenvalue weighted by Crippen LogP contribution is 2.38. The fourth-order valence-electron chi connectivity index (χ4n) is 4.12. The molecule has 1 aromatic heterocycles. The lowest BCUT2D eigenvalue weighted by molar-refractivity contribution is -0.122. The topological polar surface area (TPSA) is 121 Å². The molecule has 2 N–H and O–H groups in total. The van der Waals surface area contributed by atoms with E-state index in [0.29, 0.717) is 18.9 Å². The molecule has 1 unspecified atom stereocenters. The molecule has 0 radical (unpaired) electrons. The molecule has 1 aliphatic carbocycles. The van der Waals surface area contributed by atoms with Crippen LogP contribution < -0.4 is 10.6 Å². The number of sulfonamides is 1. The van der Waals surface area contributed by atoms with E-state index >= 15 is 0 Å². The third-order valence-electron chi connectivity index (χ3n) is 6.11. The average Bonchev–Trinajstić information content (AvgIpc) is 3.54. The average molecular weight is 442 g/mol. The number of aromatic nitrogens is 2. The van der Waals surface area contributed by atoms with Crippen LogP contribution in [0.1, 0.15) is 42.6 Å². The number of carbonyl (C=O) groups is 2. The molecule has 10 heteroatoms. The van der Waals surface area contributed by atoms with Gasteiger partial charge in [0.25, 0.3) is 5.91 Å². The molecular weight excluding hydrogens is 418 g/mol. The van der Waals surface area contributed by atoms with Crippen molar-refractivity contribution < 1.29 is 18.0 Å². The van der Waals surface area contributed by atoms with Crippen molar-refractivity contribution in [2.75, 3.05) is 12.3 Å². The number of nitrogens with one attached hydrogen (secondary N) is 2. The molecule has 9 nitrogen and oxygen atoms in total. The van der Waals surface area contributed by atoms with Gasteiger partial charge in [-0.15, -0.1) is 0 Å². The monoisotopic (exact) mass is 441 g/mol. The summed E-state index contributed by atoms with van der Waals surface area (Å²) >= 11 is 0. The maximum absolute atomic E-state index is 13.0. The summed E-state index contributed by atoms with van der Waals surface area (Å²) in [7, 11) is -3.76. The number of rotatable bonds is 5. The number of fused-ring (bicyclic) bond motifs is 1. The molecule has 2 aromatic rings. The molecule has 162 valence electrons. The van der Waals surface area contributed by atoms with E-state index in [9.17, 15) is 18.0 Å². The Labute approximate surface area is 180 Å². The van der Waals surface area contributed by atoms with E-state index in [-0.39, 0.29) is 6.54 Å². The minimum absolute atomic E-state index is 0.237. The zero-order valence-corrected chi connectivity index (χ0v) is 17.9. The number of nitrogens with zero attached hydrogens (tertiary/aromatic N) is 3. The van der Waals surface area contributed by atoms with Crippen molar-refractivity contribution >= 4 is 22.0 Å². The first-order valence-corrected chi connectivity index (χ1v) is 11.9. The Balaban J connectivity index is 1.32. The molecule has 3 aliphatic rings. The molecule has 1 saturated heterocycles. The van der Waals surface area contributed by atoms with Crippen LogP contribution in [0.2, 0.25) is 0 Å². The summed E-state index contributed by atoms with van der Waals surface area (Å²) in [5.41, 5.74) is 2.51. The van der Waals surface area contributed by atoms with E-state index in [1.807, 2.05) is 24.5 Å². The molecule has 5 rings (SSSR count). The second-order valence-corrected chi connectivity index (χ2v) is 10.6. The highest BCUT2D eigenvalue weighted by Gasteiger charge is 2.46. The van der Waals surface area contributed by atoms with Gasteiger partial charge in [-0.25, -0.2) is 23.2 Å². The maximum Gasteiger partial charge on any atom is 0.322 e. The lowest BCUT2D eigenvalue weighted by Crippen LogP contribution is -2.53. The van der Waals surface area contributed by atoms with Crippen molar-refractivity contribution in [1.29, 1.82) is 0 Å². The highest BCUT2D eigenvalue weighted by molar-refractivity contribution is 7.89. The largest absolute Gasteiger partial charge is 0.322 e. The van der Waals surface area contributed by atoms with E-state index in [2.05, 4.69) is 26.7 Å². The minimum Gasteiger partial charge on any atom is -0.322 e. The van der Waals surface area contributed by atoms with Gasteiger partial charge in [0, 0.05) is 37.0 Å². The van der Waals surface area contributed by atoms with Crippen LogP contribution in [-0.4, -0.2) is 52.5 Å². The van der Waals surface area contributed by atoms with Crippen molar-refractivity contribution in [1.82, 2.24) is 24.9 Å². The third kappa shape index (κ3) is 3.81. The molecule has 3 amide bonds. The molecule has 2 fully saturated rings. The molecule has 31 heavy (non-hydrogen) atoms. The Hall–Kier alpha value is -2.85. The van der Waals surface area contributed by atoms with E-state index in [4.69, 9.17) is 0 Å². The Bertz CT molecular complexity index is 1180. The fraction of sp³-hybridized carbons (Fsp3) is 0.429. The fourth-order valence-corrected chi connectivity index (χ4v) is 5.94. The Kier molecular flexibility index (Phi) is 4.60. The van der Waals surface area contributed by atoms with E-state index in [1.54, 1.807) is 0 Å². The standard InChI is InChI=1S/C21H23N5O4S/c1-21(19(27)24-20(28)25-21)12-31(29,30)26-7-6-15-8-14(4-5-16(15)11-26)17-9-22-18(23-10-17)13-2-3-13/h4-5,8-10,13H,2-3,6-7,11-12H2,1H3,(H2,24,25,27,28). The van der Waals surface area contributed by atoms with Crippen LogP contribution >= 0.6 is 0 Å². The van der Waals surface area contributed by atoms with Gasteiger partial charge >= 0.3 is 6.03 Å². The van der Waals surface area contributed by atoms with Crippen molar-refractivity contribution in [3.63, 3.8) is 0 Å². The predicted molar refractivity (Wildman–Crippen MR) is 112 cm³/mol. The van der Waals surface area contributed by atoms with Crippen molar-refractivity contribution in [3.8, 4) is 11.1 Å². The molecule has 0 bridgehead atoms. The first kappa shape index (κ1) is 20.1. The molecular formula is C21H23N5O4S. The lowest BCUT2D eigenvalue weighted by Gasteiger charge is -2.31. The molecule has 0 spiro atoms. The van der Waals surface area contributed by atoms with Gasteiger partial charge < -0.3 is 5.32 Å². The smallest absolute Gasteiger partial charge is 0.322 e. The number of amides is 3. The normalized spacial score (nSPS) is 23.9. The van der Waals surface area contributed by atoms with Crippen molar-refractivity contribution in [2.24, 2.45) is 0 Å². The molecule has 1 aromatic carbocycles. The van der Waals surface area contributed by atoms with E-state index < -0.39 is 33.3 Å². The summed E-state index contributed by atoms with van der Waals surface area (Å²) < 4.78 is 27.3. The number of carbonyl (C=O) groups excluding carboxylic acids is 2. The van der Waals surface area contributed by atoms with Crippen LogP contribution in [0, 0.1) is 0 Å². The first-order valence-electron chi connectivity index (χ1n) is 10.3. The maximum atomic E-state index is 13.0. The Morgan fingerprint density at radius 3 is 2.52 bits per heavy atom. The van der Waals surface area contributed by atoms with Gasteiger partial charge in [-0.1, -0.05) is 18.2 Å². The molecule has 1 saturated carbocycles. The van der Waals surface area contributed by atoms with Gasteiger partial charge in [0.1, 0.15) is 11.4 Å². The summed E-state index contributed by atoms with van der Waals surface area (Å²) in [4.78, 5) is 32.4. The zero-order valence-electron chi connectivity index (χ0n) is 17.1. The molecule has 2 aliphatic heterocycles. The van der Waals surface area contributed by atoms with Crippen LogP contribution in [0.25, 0.3) is 11.1 Å². The predicted octanol–water partition coefficient (Wildman–Crippen LogP) is 1.31. The van der Waals surface area contributed by atoms with Crippen molar-refractivity contribution in [2.45, 2.75) is 44.2 Å². The third-order valence-corrected chi connectivity index (χ3v) is 8.15. The van der Waals surface area contributed by atoms with Crippen LogP contribution in [-0.2, 0) is 27.8 Å². The van der Waals surface area contributed by atoms with Gasteiger partial charge in [-0.05, 0) is 42.9 Å². The van der Waals surface area contributed by atoms with E-state index in [1.165, 1.54) is 11.2 Å². The molecule has 1 atom stereocenters. The molecule has 3 heterocycles. The highest BCUT2D eigenvalue weighted by atomic mass is 32.2. The Morgan fingerprint density at radius 1 is 1.13 bits per heavy atom. The number of urea groups is 1. The van der Waals surface area contributed by atoms with Crippen LogP contribution in [0.3, 0.4) is 0 Å². The minimum atomic E-state index is -3.76. The SMILES string of the molecule is CC1(CS(=O)(=O)N2CCc3cc(-c4cnc(C5CC5)nc4)ccc3C2)NC(=O)NC1=O. The van der Waals surface area contributed by atoms with Crippen LogP contribution in [0.5, 0.6) is 0 Å². The summed E-state index contributed by atoms with van der Waals surface area (Å²) in [5.74, 6) is 0.313. The van der Waals surface area contributed by atoms with Gasteiger partial charge in [0.15, 0.2) is 0 Å². The van der Waals surface area contributed by atoms with Crippen LogP contribution in [0.4, 0.5) is 4.79 Å². The van der Waals surface area contributed by atoms with Gasteiger partial charge in [0.05, 0.1) is 5.75 Å². The summed E-state index contributed by atoms with van der Waals surface area (Å²) in [5, 5.41) is 4.52. The number of hydrogen-bond acceptors (Lipinski definition) is 6. The van der Waals surface area contributed by atoms with E-state index in [0.717, 1.165) is 40.9 Å².